The van der Waals surface area contributed by atoms with Crippen molar-refractivity contribution in [2.75, 3.05) is 21.3 Å². The maximum Gasteiger partial charge on any atom is 0.221 e. The molecule has 1 rings (SSSR count). The van der Waals surface area contributed by atoms with E-state index in [2.05, 4.69) is 22.7 Å². The summed E-state index contributed by atoms with van der Waals surface area (Å²) in [5.74, 6) is 1.82. The zero-order valence-corrected chi connectivity index (χ0v) is 11.3. The molecule has 0 bridgehead atoms. The molecule has 0 atom stereocenters. The summed E-state index contributed by atoms with van der Waals surface area (Å²) >= 11 is 4.67. The Kier molecular flexibility index (Phi) is 5.19. The van der Waals surface area contributed by atoms with Gasteiger partial charge in [-0.15, -0.1) is 10.5 Å². The van der Waals surface area contributed by atoms with Crippen molar-refractivity contribution in [3.05, 3.63) is 17.7 Å². The summed E-state index contributed by atoms with van der Waals surface area (Å²) in [6, 6.07) is 3.50. The number of nitrogens with two attached hydrogens (primary N) is 1. The smallest absolute Gasteiger partial charge is 0.221 e. The van der Waals surface area contributed by atoms with Crippen LogP contribution in [0.25, 0.3) is 0 Å². The largest absolute Gasteiger partial charge is 0.496 e. The molecule has 0 amide bonds. The van der Waals surface area contributed by atoms with E-state index >= 15 is 0 Å². The Balaban J connectivity index is 3.09. The molecule has 0 spiro atoms. The predicted octanol–water partition coefficient (Wildman–Crippen LogP) is -1.04. The predicted molar refractivity (Wildman–Crippen MR) is 72.1 cm³/mol. The van der Waals surface area contributed by atoms with Crippen LogP contribution in [0.5, 0.6) is 17.2 Å². The quantitative estimate of drug-likeness (QED) is 0.360. The monoisotopic (exact) mass is 270 g/mol. The standard InChI is InChI=1S/C11H15N3O3S/c1-15-8-5-10(17-3)9(16-2)4-7(8)6-13-14-11(12)18/h4-6H,1-3H3,(H3,12,14,18)/p+1. The summed E-state index contributed by atoms with van der Waals surface area (Å²) in [6.45, 7) is 0. The number of benzene rings is 1. The van der Waals surface area contributed by atoms with Gasteiger partial charge in [0.15, 0.2) is 11.5 Å². The van der Waals surface area contributed by atoms with Crippen LogP contribution in [0.1, 0.15) is 5.56 Å². The second-order valence-electron chi connectivity index (χ2n) is 3.23. The molecule has 18 heavy (non-hydrogen) atoms. The summed E-state index contributed by atoms with van der Waals surface area (Å²) in [5, 5.41) is 2.89. The lowest BCUT2D eigenvalue weighted by atomic mass is 10.2. The Bertz CT molecular complexity index is 463. The molecule has 1 aromatic rings. The number of nitrogens with one attached hydrogen (secondary N) is 2. The summed E-state index contributed by atoms with van der Waals surface area (Å²) in [6.07, 6.45) is 1.65. The number of methoxy groups -OCH3 is 3. The van der Waals surface area contributed by atoms with Gasteiger partial charge in [0.05, 0.1) is 26.9 Å². The minimum Gasteiger partial charge on any atom is -0.496 e. The number of thiocarbonyl (C=S) groups is 1. The minimum atomic E-state index is 0.144. The van der Waals surface area contributed by atoms with Crippen molar-refractivity contribution >= 4 is 23.5 Å². The van der Waals surface area contributed by atoms with Gasteiger partial charge >= 0.3 is 0 Å². The molecule has 0 aliphatic carbocycles. The van der Waals surface area contributed by atoms with Crippen molar-refractivity contribution in [3.8, 4) is 17.2 Å². The van der Waals surface area contributed by atoms with Gasteiger partial charge in [0.2, 0.25) is 11.3 Å². The molecule has 0 aliphatic rings. The van der Waals surface area contributed by atoms with E-state index in [1.807, 2.05) is 0 Å². The van der Waals surface area contributed by atoms with E-state index in [9.17, 15) is 0 Å². The van der Waals surface area contributed by atoms with E-state index in [0.717, 1.165) is 5.56 Å². The van der Waals surface area contributed by atoms with Crippen LogP contribution in [0.15, 0.2) is 12.1 Å². The number of ether oxygens (including phenoxy) is 3. The summed E-state index contributed by atoms with van der Waals surface area (Å²) in [5.41, 5.74) is 8.64. The molecule has 0 fully saturated rings. The van der Waals surface area contributed by atoms with Crippen molar-refractivity contribution in [2.45, 2.75) is 0 Å². The van der Waals surface area contributed by atoms with Crippen LogP contribution in [0.4, 0.5) is 0 Å². The first-order valence-electron chi connectivity index (χ1n) is 5.06. The van der Waals surface area contributed by atoms with Crippen molar-refractivity contribution in [1.29, 1.82) is 0 Å². The lowest BCUT2D eigenvalue weighted by molar-refractivity contribution is -0.499. The van der Waals surface area contributed by atoms with Crippen LogP contribution in [0, 0.1) is 0 Å². The van der Waals surface area contributed by atoms with E-state index in [1.165, 1.54) is 0 Å². The maximum atomic E-state index is 5.29. The minimum absolute atomic E-state index is 0.144. The van der Waals surface area contributed by atoms with Crippen LogP contribution < -0.4 is 30.5 Å². The van der Waals surface area contributed by atoms with Crippen LogP contribution in [0.3, 0.4) is 0 Å². The Morgan fingerprint density at radius 1 is 1.17 bits per heavy atom. The molecule has 0 saturated heterocycles. The van der Waals surface area contributed by atoms with E-state index in [-0.39, 0.29) is 5.11 Å². The zero-order valence-electron chi connectivity index (χ0n) is 10.4. The summed E-state index contributed by atoms with van der Waals surface area (Å²) in [4.78, 5) is 0. The summed E-state index contributed by atoms with van der Waals surface area (Å²) in [7, 11) is 4.70. The molecule has 7 heteroatoms. The third-order valence-corrected chi connectivity index (χ3v) is 2.26. The fourth-order valence-electron chi connectivity index (χ4n) is 1.35. The topological polar surface area (TPSA) is 79.7 Å². The van der Waals surface area contributed by atoms with E-state index in [0.29, 0.717) is 17.2 Å². The number of hydrogen-bond donors (Lipinski definition) is 3. The molecule has 0 aliphatic heterocycles. The number of rotatable bonds is 5. The summed E-state index contributed by atoms with van der Waals surface area (Å²) < 4.78 is 15.6. The lowest BCUT2D eigenvalue weighted by Crippen LogP contribution is -2.82. The molecule has 98 valence electrons. The SMILES string of the molecule is COc1cc(OC)c(OC)cc1C=[NH+]NC(N)=S. The van der Waals surface area contributed by atoms with Crippen LogP contribution in [-0.2, 0) is 0 Å². The Hall–Kier alpha value is -2.02. The molecule has 6 nitrogen and oxygen atoms in total. The van der Waals surface area contributed by atoms with Crippen molar-refractivity contribution < 1.29 is 19.3 Å². The van der Waals surface area contributed by atoms with Gasteiger partial charge in [-0.2, -0.15) is 0 Å². The third kappa shape index (κ3) is 3.49. The molecule has 0 radical (unpaired) electrons. The molecule has 1 aromatic carbocycles. The highest BCUT2D eigenvalue weighted by atomic mass is 32.1. The van der Waals surface area contributed by atoms with Gasteiger partial charge in [-0.05, 0) is 12.2 Å². The van der Waals surface area contributed by atoms with Crippen LogP contribution in [-0.4, -0.2) is 32.7 Å². The molecule has 4 N–H and O–H groups in total. The van der Waals surface area contributed by atoms with E-state index < -0.39 is 0 Å². The Morgan fingerprint density at radius 2 is 1.72 bits per heavy atom. The number of hydrazone groups is 1. The molecule has 0 unspecified atom stereocenters. The van der Waals surface area contributed by atoms with Crippen molar-refractivity contribution in [1.82, 2.24) is 5.43 Å². The average Bonchev–Trinajstić information content (AvgIpc) is 2.37. The molecule has 0 aromatic heterocycles. The Labute approximate surface area is 111 Å². The molecule has 0 saturated carbocycles. The van der Waals surface area contributed by atoms with Gasteiger partial charge in [-0.25, -0.2) is 0 Å². The first-order chi connectivity index (χ1) is 8.62. The molecule has 0 heterocycles. The highest BCUT2D eigenvalue weighted by molar-refractivity contribution is 7.80. The average molecular weight is 270 g/mol. The second-order valence-corrected chi connectivity index (χ2v) is 3.67. The molecular weight excluding hydrogens is 254 g/mol. The first kappa shape index (κ1) is 14.0. The fourth-order valence-corrected chi connectivity index (χ4v) is 1.41. The van der Waals surface area contributed by atoms with Crippen LogP contribution in [0.2, 0.25) is 0 Å². The van der Waals surface area contributed by atoms with Crippen molar-refractivity contribution in [2.24, 2.45) is 5.73 Å². The highest BCUT2D eigenvalue weighted by Gasteiger charge is 2.12. The van der Waals surface area contributed by atoms with Gasteiger partial charge in [-0.3, -0.25) is 0 Å². The molecular formula is C11H16N3O3S+. The van der Waals surface area contributed by atoms with Gasteiger partial charge in [0.25, 0.3) is 0 Å². The van der Waals surface area contributed by atoms with Gasteiger partial charge in [0.1, 0.15) is 5.75 Å². The van der Waals surface area contributed by atoms with Gasteiger partial charge in [0, 0.05) is 12.1 Å². The second kappa shape index (κ2) is 6.65. The third-order valence-electron chi connectivity index (χ3n) is 2.16. The van der Waals surface area contributed by atoms with Gasteiger partial charge < -0.3 is 19.9 Å². The Morgan fingerprint density at radius 3 is 2.22 bits per heavy atom. The van der Waals surface area contributed by atoms with E-state index in [1.54, 1.807) is 39.7 Å². The van der Waals surface area contributed by atoms with Crippen molar-refractivity contribution in [3.63, 3.8) is 0 Å². The number of hydrazine groups is 1. The highest BCUT2D eigenvalue weighted by Crippen LogP contribution is 2.33. The van der Waals surface area contributed by atoms with E-state index in [4.69, 9.17) is 19.9 Å². The first-order valence-corrected chi connectivity index (χ1v) is 5.47. The van der Waals surface area contributed by atoms with Gasteiger partial charge in [-0.1, -0.05) is 0 Å². The number of hydrogen-bond acceptors (Lipinski definition) is 4. The lowest BCUT2D eigenvalue weighted by Gasteiger charge is -2.10. The zero-order chi connectivity index (χ0) is 13.5. The maximum absolute atomic E-state index is 5.29. The fraction of sp³-hybridized carbons (Fsp3) is 0.273. The van der Waals surface area contributed by atoms with Crippen LogP contribution >= 0.6 is 12.2 Å². The normalized spacial score (nSPS) is 10.2.